The summed E-state index contributed by atoms with van der Waals surface area (Å²) in [5.74, 6) is 0.616. The first-order valence-corrected chi connectivity index (χ1v) is 14.3. The molecule has 182 valence electrons. The van der Waals surface area contributed by atoms with Crippen LogP contribution in [-0.4, -0.2) is 36.0 Å². The first kappa shape index (κ1) is 23.7. The van der Waals surface area contributed by atoms with Gasteiger partial charge in [0, 0.05) is 30.0 Å². The molecule has 0 bridgehead atoms. The molecule has 5 rings (SSSR count). The SMILES string of the molecule is Cc1oncc1S(=O)(=O)N1CCC(c2nc(-c3ccc4c(c3)C(C)(C)CCC4(C)C)cs2)CC1. The Morgan fingerprint density at radius 2 is 1.74 bits per heavy atom. The summed E-state index contributed by atoms with van der Waals surface area (Å²) in [7, 11) is -3.56. The number of thiazole rings is 1. The van der Waals surface area contributed by atoms with E-state index < -0.39 is 10.0 Å². The molecule has 1 aromatic carbocycles. The minimum absolute atomic E-state index is 0.168. The quantitative estimate of drug-likeness (QED) is 0.438. The van der Waals surface area contributed by atoms with Crippen LogP contribution in [0.1, 0.15) is 81.2 Å². The van der Waals surface area contributed by atoms with Gasteiger partial charge in [0.15, 0.2) is 5.76 Å². The Labute approximate surface area is 206 Å². The average Bonchev–Trinajstić information content (AvgIpc) is 3.47. The Hall–Kier alpha value is -2.03. The highest BCUT2D eigenvalue weighted by molar-refractivity contribution is 7.89. The van der Waals surface area contributed by atoms with Crippen molar-refractivity contribution < 1.29 is 12.9 Å². The van der Waals surface area contributed by atoms with Gasteiger partial charge in [0.25, 0.3) is 0 Å². The van der Waals surface area contributed by atoms with Gasteiger partial charge in [0.05, 0.1) is 16.9 Å². The number of fused-ring (bicyclic) bond motifs is 1. The standard InChI is InChI=1S/C26H33N3O3S2/c1-17-23(15-27-32-17)34(30,31)29-12-8-18(9-13-29)24-28-22(16-33-24)19-6-7-20-21(14-19)26(4,5)11-10-25(20,2)3/h6-7,14-16,18H,8-13H2,1-5H3. The third-order valence-corrected chi connectivity index (χ3v) is 10.8. The number of nitrogens with zero attached hydrogens (tertiary/aromatic N) is 3. The van der Waals surface area contributed by atoms with Crippen molar-refractivity contribution in [3.63, 3.8) is 0 Å². The maximum absolute atomic E-state index is 12.9. The molecule has 2 aliphatic rings. The van der Waals surface area contributed by atoms with Crippen LogP contribution in [0.4, 0.5) is 0 Å². The van der Waals surface area contributed by atoms with E-state index in [0.717, 1.165) is 23.5 Å². The maximum atomic E-state index is 12.9. The molecule has 2 aromatic heterocycles. The van der Waals surface area contributed by atoms with Gasteiger partial charge in [0.1, 0.15) is 4.90 Å². The lowest BCUT2D eigenvalue weighted by molar-refractivity contribution is 0.318. The molecule has 0 atom stereocenters. The predicted octanol–water partition coefficient (Wildman–Crippen LogP) is 6.02. The van der Waals surface area contributed by atoms with E-state index >= 15 is 0 Å². The van der Waals surface area contributed by atoms with Crippen LogP contribution in [0.5, 0.6) is 0 Å². The number of rotatable bonds is 4. The second kappa shape index (κ2) is 8.28. The molecule has 3 aromatic rings. The summed E-state index contributed by atoms with van der Waals surface area (Å²) < 4.78 is 32.4. The number of piperidine rings is 1. The highest BCUT2D eigenvalue weighted by atomic mass is 32.2. The molecule has 0 N–H and O–H groups in total. The van der Waals surface area contributed by atoms with Gasteiger partial charge in [-0.2, -0.15) is 4.31 Å². The van der Waals surface area contributed by atoms with Gasteiger partial charge in [-0.15, -0.1) is 11.3 Å². The van der Waals surface area contributed by atoms with Gasteiger partial charge < -0.3 is 4.52 Å². The van der Waals surface area contributed by atoms with Crippen molar-refractivity contribution in [3.05, 3.63) is 51.7 Å². The smallest absolute Gasteiger partial charge is 0.248 e. The van der Waals surface area contributed by atoms with Gasteiger partial charge in [-0.05, 0) is 60.6 Å². The summed E-state index contributed by atoms with van der Waals surface area (Å²) in [5.41, 5.74) is 5.47. The zero-order valence-corrected chi connectivity index (χ0v) is 22.2. The fourth-order valence-corrected chi connectivity index (χ4v) is 7.92. The molecule has 1 saturated heterocycles. The largest absolute Gasteiger partial charge is 0.360 e. The van der Waals surface area contributed by atoms with E-state index in [1.54, 1.807) is 22.6 Å². The summed E-state index contributed by atoms with van der Waals surface area (Å²) in [6.45, 7) is 12.0. The summed E-state index contributed by atoms with van der Waals surface area (Å²) >= 11 is 1.69. The molecular weight excluding hydrogens is 466 g/mol. The van der Waals surface area contributed by atoms with E-state index in [9.17, 15) is 8.42 Å². The molecular formula is C26H33N3O3S2. The van der Waals surface area contributed by atoms with E-state index in [-0.39, 0.29) is 21.6 Å². The van der Waals surface area contributed by atoms with Crippen LogP contribution in [0.25, 0.3) is 11.3 Å². The van der Waals surface area contributed by atoms with Crippen molar-refractivity contribution in [2.45, 2.75) is 81.9 Å². The molecule has 1 fully saturated rings. The van der Waals surface area contributed by atoms with Crippen LogP contribution in [0, 0.1) is 6.92 Å². The number of hydrogen-bond donors (Lipinski definition) is 0. The van der Waals surface area contributed by atoms with Gasteiger partial charge in [0.2, 0.25) is 10.0 Å². The second-order valence-corrected chi connectivity index (χ2v) is 13.8. The number of aryl methyl sites for hydroxylation is 1. The Kier molecular flexibility index (Phi) is 5.77. The zero-order valence-electron chi connectivity index (χ0n) is 20.6. The molecule has 0 spiro atoms. The van der Waals surface area contributed by atoms with Gasteiger partial charge in [-0.1, -0.05) is 45.0 Å². The minimum Gasteiger partial charge on any atom is -0.360 e. The van der Waals surface area contributed by atoms with Crippen molar-refractivity contribution in [1.29, 1.82) is 0 Å². The van der Waals surface area contributed by atoms with E-state index in [2.05, 4.69) is 56.4 Å². The van der Waals surface area contributed by atoms with Crippen LogP contribution in [0.2, 0.25) is 0 Å². The van der Waals surface area contributed by atoms with Crippen LogP contribution < -0.4 is 0 Å². The number of benzene rings is 1. The summed E-state index contributed by atoms with van der Waals surface area (Å²) in [4.78, 5) is 5.18. The Morgan fingerprint density at radius 3 is 2.38 bits per heavy atom. The lowest BCUT2D eigenvalue weighted by Gasteiger charge is -2.42. The van der Waals surface area contributed by atoms with E-state index in [4.69, 9.17) is 9.51 Å². The third-order valence-electron chi connectivity index (χ3n) is 7.80. The highest BCUT2D eigenvalue weighted by Crippen LogP contribution is 2.47. The molecule has 6 nitrogen and oxygen atoms in total. The van der Waals surface area contributed by atoms with Gasteiger partial charge in [-0.3, -0.25) is 0 Å². The number of sulfonamides is 1. The van der Waals surface area contributed by atoms with Gasteiger partial charge in [-0.25, -0.2) is 13.4 Å². The monoisotopic (exact) mass is 499 g/mol. The summed E-state index contributed by atoms with van der Waals surface area (Å²) in [6, 6.07) is 6.88. The van der Waals surface area contributed by atoms with Crippen molar-refractivity contribution >= 4 is 21.4 Å². The molecule has 34 heavy (non-hydrogen) atoms. The van der Waals surface area contributed by atoms with Crippen molar-refractivity contribution in [1.82, 2.24) is 14.4 Å². The zero-order chi connectivity index (χ0) is 24.3. The third kappa shape index (κ3) is 4.03. The molecule has 0 saturated carbocycles. The van der Waals surface area contributed by atoms with Crippen molar-refractivity contribution in [2.24, 2.45) is 0 Å². The fraction of sp³-hybridized carbons (Fsp3) is 0.538. The minimum atomic E-state index is -3.56. The van der Waals surface area contributed by atoms with E-state index in [1.165, 1.54) is 35.7 Å². The molecule has 0 radical (unpaired) electrons. The van der Waals surface area contributed by atoms with Gasteiger partial charge >= 0.3 is 0 Å². The fourth-order valence-electron chi connectivity index (χ4n) is 5.38. The molecule has 0 amide bonds. The summed E-state index contributed by atoms with van der Waals surface area (Å²) in [6.07, 6.45) is 5.22. The maximum Gasteiger partial charge on any atom is 0.248 e. The lowest BCUT2D eigenvalue weighted by Crippen LogP contribution is -2.38. The number of aromatic nitrogens is 2. The Balaban J connectivity index is 1.33. The lowest BCUT2D eigenvalue weighted by atomic mass is 9.63. The topological polar surface area (TPSA) is 76.3 Å². The Bertz CT molecular complexity index is 1310. The molecule has 1 aliphatic carbocycles. The van der Waals surface area contributed by atoms with Crippen LogP contribution in [0.3, 0.4) is 0 Å². The van der Waals surface area contributed by atoms with E-state index in [0.29, 0.717) is 18.8 Å². The highest BCUT2D eigenvalue weighted by Gasteiger charge is 2.37. The molecule has 1 aliphatic heterocycles. The Morgan fingerprint density at radius 1 is 1.06 bits per heavy atom. The van der Waals surface area contributed by atoms with E-state index in [1.807, 2.05) is 0 Å². The normalized spacial score (nSPS) is 20.9. The predicted molar refractivity (Wildman–Crippen MR) is 135 cm³/mol. The van der Waals surface area contributed by atoms with Crippen molar-refractivity contribution in [2.75, 3.05) is 13.1 Å². The molecule has 8 heteroatoms. The molecule has 0 unspecified atom stereocenters. The summed E-state index contributed by atoms with van der Waals surface area (Å²) in [5, 5.41) is 6.89. The average molecular weight is 500 g/mol. The molecule has 3 heterocycles. The number of hydrogen-bond acceptors (Lipinski definition) is 6. The van der Waals surface area contributed by atoms with Crippen LogP contribution in [-0.2, 0) is 20.9 Å². The first-order valence-electron chi connectivity index (χ1n) is 12.0. The van der Waals surface area contributed by atoms with Crippen LogP contribution >= 0.6 is 11.3 Å². The second-order valence-electron chi connectivity index (χ2n) is 11.0. The van der Waals surface area contributed by atoms with Crippen LogP contribution in [0.15, 0.2) is 39.2 Å². The van der Waals surface area contributed by atoms with Crippen molar-refractivity contribution in [3.8, 4) is 11.3 Å². The first-order chi connectivity index (χ1) is 16.0.